The minimum atomic E-state index is -0.893. The molecule has 1 aromatic heterocycles. The maximum Gasteiger partial charge on any atom is 0.233 e. The fourth-order valence-corrected chi connectivity index (χ4v) is 4.13. The van der Waals surface area contributed by atoms with Crippen LogP contribution in [0.1, 0.15) is 10.3 Å². The molecule has 0 spiro atoms. The number of carbonyl (C=O) groups excluding carboxylic acids is 1. The number of halogens is 1. The van der Waals surface area contributed by atoms with Gasteiger partial charge in [-0.2, -0.15) is 0 Å². The summed E-state index contributed by atoms with van der Waals surface area (Å²) >= 11 is 8.82. The Labute approximate surface area is 112 Å². The Kier molecular flexibility index (Phi) is 4.32. The predicted octanol–water partition coefficient (Wildman–Crippen LogP) is 1.33. The van der Waals surface area contributed by atoms with Crippen LogP contribution in [0.4, 0.5) is 0 Å². The largest absolute Gasteiger partial charge is 0.394 e. The Bertz CT molecular complexity index is 412. The van der Waals surface area contributed by atoms with Gasteiger partial charge in [0.25, 0.3) is 0 Å². The van der Waals surface area contributed by atoms with Crippen molar-refractivity contribution in [2.24, 2.45) is 0 Å². The molecule has 2 atom stereocenters. The zero-order chi connectivity index (χ0) is 12.4. The molecule has 0 aliphatic carbocycles. The number of amides is 1. The molecular formula is C10H12ClNO3S2. The van der Waals surface area contributed by atoms with Gasteiger partial charge in [-0.05, 0) is 12.1 Å². The van der Waals surface area contributed by atoms with Crippen LogP contribution in [0.3, 0.4) is 0 Å². The van der Waals surface area contributed by atoms with Gasteiger partial charge in [0.05, 0.1) is 29.3 Å². The minimum absolute atomic E-state index is 0.0166. The van der Waals surface area contributed by atoms with E-state index in [-0.39, 0.29) is 24.4 Å². The lowest BCUT2D eigenvalue weighted by molar-refractivity contribution is -0.129. The van der Waals surface area contributed by atoms with Gasteiger partial charge in [-0.15, -0.1) is 23.1 Å². The number of carbonyl (C=O) groups is 1. The Morgan fingerprint density at radius 2 is 2.35 bits per heavy atom. The van der Waals surface area contributed by atoms with Crippen molar-refractivity contribution in [2.45, 2.75) is 11.5 Å². The Balaban J connectivity index is 2.13. The number of thioether (sulfide) groups is 1. The standard InChI is InChI=1S/C10H12ClNO3S2/c11-8-2-1-7(17-8)10-12(3-6(14)4-13)9(15)5-16-10/h1-2,6,10,13-14H,3-5H2/t6-,10?/m0/s1. The number of β-amino-alcohol motifs (C(OH)–C–C–N with tert-alkyl or cyclic N) is 1. The SMILES string of the molecule is O=C1CSC(c2ccc(Cl)s2)N1C[C@H](O)CO. The van der Waals surface area contributed by atoms with E-state index >= 15 is 0 Å². The van der Waals surface area contributed by atoms with Gasteiger partial charge in [-0.1, -0.05) is 11.6 Å². The molecule has 94 valence electrons. The molecule has 1 unspecified atom stereocenters. The summed E-state index contributed by atoms with van der Waals surface area (Å²) in [6.07, 6.45) is -0.893. The van der Waals surface area contributed by atoms with Crippen LogP contribution in [-0.4, -0.2) is 46.0 Å². The number of nitrogens with zero attached hydrogens (tertiary/aromatic N) is 1. The number of aliphatic hydroxyl groups is 2. The van der Waals surface area contributed by atoms with Gasteiger partial charge < -0.3 is 15.1 Å². The number of hydrogen-bond donors (Lipinski definition) is 2. The van der Waals surface area contributed by atoms with Gasteiger partial charge in [0.2, 0.25) is 5.91 Å². The van der Waals surface area contributed by atoms with Crippen molar-refractivity contribution in [1.29, 1.82) is 0 Å². The van der Waals surface area contributed by atoms with Crippen molar-refractivity contribution < 1.29 is 15.0 Å². The highest BCUT2D eigenvalue weighted by molar-refractivity contribution is 8.00. The van der Waals surface area contributed by atoms with Crippen LogP contribution in [-0.2, 0) is 4.79 Å². The first-order chi connectivity index (χ1) is 8.11. The molecule has 1 aromatic rings. The summed E-state index contributed by atoms with van der Waals surface area (Å²) in [4.78, 5) is 14.3. The summed E-state index contributed by atoms with van der Waals surface area (Å²) in [5.41, 5.74) is 0. The Morgan fingerprint density at radius 1 is 1.59 bits per heavy atom. The van der Waals surface area contributed by atoms with Crippen molar-refractivity contribution in [1.82, 2.24) is 4.90 Å². The highest BCUT2D eigenvalue weighted by atomic mass is 35.5. The fourth-order valence-electron chi connectivity index (χ4n) is 1.63. The second-order valence-electron chi connectivity index (χ2n) is 3.69. The highest BCUT2D eigenvalue weighted by Crippen LogP contribution is 2.42. The lowest BCUT2D eigenvalue weighted by Crippen LogP contribution is -2.36. The molecule has 17 heavy (non-hydrogen) atoms. The molecule has 2 rings (SSSR count). The first-order valence-corrected chi connectivity index (χ1v) is 7.31. The number of rotatable bonds is 4. The monoisotopic (exact) mass is 293 g/mol. The molecule has 1 aliphatic heterocycles. The average molecular weight is 294 g/mol. The molecule has 0 aromatic carbocycles. The molecule has 0 saturated carbocycles. The van der Waals surface area contributed by atoms with Crippen LogP contribution in [0.15, 0.2) is 12.1 Å². The van der Waals surface area contributed by atoms with Gasteiger partial charge >= 0.3 is 0 Å². The van der Waals surface area contributed by atoms with E-state index in [9.17, 15) is 9.90 Å². The normalized spacial score (nSPS) is 22.2. The highest BCUT2D eigenvalue weighted by Gasteiger charge is 2.34. The molecule has 1 aliphatic rings. The van der Waals surface area contributed by atoms with Crippen LogP contribution in [0.25, 0.3) is 0 Å². The van der Waals surface area contributed by atoms with Crippen molar-refractivity contribution in [3.05, 3.63) is 21.3 Å². The van der Waals surface area contributed by atoms with Crippen LogP contribution in [0, 0.1) is 0 Å². The van der Waals surface area contributed by atoms with Gasteiger partial charge in [0.1, 0.15) is 5.37 Å². The van der Waals surface area contributed by atoms with Crippen molar-refractivity contribution in [3.63, 3.8) is 0 Å². The van der Waals surface area contributed by atoms with E-state index in [0.717, 1.165) is 4.88 Å². The molecule has 0 bridgehead atoms. The fraction of sp³-hybridized carbons (Fsp3) is 0.500. The molecule has 1 amide bonds. The second-order valence-corrected chi connectivity index (χ2v) is 6.50. The zero-order valence-corrected chi connectivity index (χ0v) is 11.3. The molecule has 2 heterocycles. The third kappa shape index (κ3) is 2.95. The molecular weight excluding hydrogens is 282 g/mol. The van der Waals surface area contributed by atoms with E-state index in [1.54, 1.807) is 11.0 Å². The molecule has 4 nitrogen and oxygen atoms in total. The summed E-state index contributed by atoms with van der Waals surface area (Å²) in [6, 6.07) is 3.69. The number of thiophene rings is 1. The van der Waals surface area contributed by atoms with Crippen LogP contribution in [0.5, 0.6) is 0 Å². The summed E-state index contributed by atoms with van der Waals surface area (Å²) in [5.74, 6) is 0.384. The quantitative estimate of drug-likeness (QED) is 0.879. The average Bonchev–Trinajstić information content (AvgIpc) is 2.87. The summed E-state index contributed by atoms with van der Waals surface area (Å²) in [6.45, 7) is -0.186. The lowest BCUT2D eigenvalue weighted by atomic mass is 10.3. The second kappa shape index (κ2) is 5.58. The summed E-state index contributed by atoms with van der Waals surface area (Å²) in [7, 11) is 0. The molecule has 0 radical (unpaired) electrons. The predicted molar refractivity (Wildman–Crippen MR) is 69.3 cm³/mol. The van der Waals surface area contributed by atoms with E-state index in [4.69, 9.17) is 16.7 Å². The summed E-state index contributed by atoms with van der Waals surface area (Å²) in [5, 5.41) is 18.2. The van der Waals surface area contributed by atoms with Gasteiger partial charge in [0, 0.05) is 4.88 Å². The third-order valence-electron chi connectivity index (χ3n) is 2.42. The molecule has 2 N–H and O–H groups in total. The van der Waals surface area contributed by atoms with E-state index in [1.807, 2.05) is 6.07 Å². The van der Waals surface area contributed by atoms with Gasteiger partial charge in [-0.25, -0.2) is 0 Å². The maximum absolute atomic E-state index is 11.7. The first kappa shape index (κ1) is 13.2. The van der Waals surface area contributed by atoms with Crippen molar-refractivity contribution in [2.75, 3.05) is 18.9 Å². The van der Waals surface area contributed by atoms with E-state index < -0.39 is 6.10 Å². The maximum atomic E-state index is 11.7. The van der Waals surface area contributed by atoms with Crippen molar-refractivity contribution >= 4 is 40.6 Å². The van der Waals surface area contributed by atoms with Crippen molar-refractivity contribution in [3.8, 4) is 0 Å². The molecule has 1 saturated heterocycles. The van der Waals surface area contributed by atoms with Crippen LogP contribution >= 0.6 is 34.7 Å². The number of hydrogen-bond acceptors (Lipinski definition) is 5. The first-order valence-electron chi connectivity index (χ1n) is 5.07. The Hall–Kier alpha value is -0.270. The van der Waals surface area contributed by atoms with E-state index in [2.05, 4.69) is 0 Å². The van der Waals surface area contributed by atoms with Gasteiger partial charge in [0.15, 0.2) is 0 Å². The number of aliphatic hydroxyl groups excluding tert-OH is 2. The minimum Gasteiger partial charge on any atom is -0.394 e. The topological polar surface area (TPSA) is 60.8 Å². The Morgan fingerprint density at radius 3 is 2.94 bits per heavy atom. The third-order valence-corrected chi connectivity index (χ3v) is 5.09. The molecule has 1 fully saturated rings. The molecule has 7 heteroatoms. The van der Waals surface area contributed by atoms with E-state index in [0.29, 0.717) is 10.1 Å². The lowest BCUT2D eigenvalue weighted by Gasteiger charge is -2.24. The van der Waals surface area contributed by atoms with Gasteiger partial charge in [-0.3, -0.25) is 4.79 Å². The van der Waals surface area contributed by atoms with Crippen LogP contribution < -0.4 is 0 Å². The van der Waals surface area contributed by atoms with Crippen LogP contribution in [0.2, 0.25) is 4.34 Å². The summed E-state index contributed by atoms with van der Waals surface area (Å²) < 4.78 is 0.683. The zero-order valence-electron chi connectivity index (χ0n) is 8.88. The smallest absolute Gasteiger partial charge is 0.233 e. The van der Waals surface area contributed by atoms with E-state index in [1.165, 1.54) is 23.1 Å².